The smallest absolute Gasteiger partial charge is 0.303 e. The molecule has 3 atom stereocenters. The zero-order valence-electron chi connectivity index (χ0n) is 22.2. The molecule has 1 unspecified atom stereocenters. The summed E-state index contributed by atoms with van der Waals surface area (Å²) in [7, 11) is 3.31. The second-order valence-electron chi connectivity index (χ2n) is 9.94. The number of carbonyl (C=O) groups is 1. The molecule has 38 heavy (non-hydrogen) atoms. The maximum atomic E-state index is 11.4. The molecule has 2 aromatic carbocycles. The third-order valence-corrected chi connectivity index (χ3v) is 8.58. The predicted molar refractivity (Wildman–Crippen MR) is 151 cm³/mol. The SMILES string of the molecule is COc1ccc(SCCN2CC[C@@H](CCC(O)c3ccnc4ccc(OC)cc34)[C@@H](CCC(=O)O)C2)cc1. The van der Waals surface area contributed by atoms with Crippen molar-refractivity contribution in [3.8, 4) is 11.5 Å². The van der Waals surface area contributed by atoms with Gasteiger partial charge in [0.1, 0.15) is 11.5 Å². The Kier molecular flexibility index (Phi) is 10.3. The van der Waals surface area contributed by atoms with Crippen molar-refractivity contribution in [2.75, 3.05) is 39.6 Å². The molecule has 8 heteroatoms. The number of carboxylic acid groups (broad SMARTS) is 1. The van der Waals surface area contributed by atoms with Gasteiger partial charge < -0.3 is 24.6 Å². The van der Waals surface area contributed by atoms with E-state index in [-0.39, 0.29) is 6.42 Å². The van der Waals surface area contributed by atoms with E-state index in [9.17, 15) is 15.0 Å². The van der Waals surface area contributed by atoms with Gasteiger partial charge >= 0.3 is 5.97 Å². The number of nitrogens with zero attached hydrogens (tertiary/aromatic N) is 2. The zero-order valence-corrected chi connectivity index (χ0v) is 23.0. The Labute approximate surface area is 229 Å². The van der Waals surface area contributed by atoms with Gasteiger partial charge in [0.15, 0.2) is 0 Å². The van der Waals surface area contributed by atoms with E-state index in [1.807, 2.05) is 48.2 Å². The van der Waals surface area contributed by atoms with Crippen molar-refractivity contribution in [2.45, 2.75) is 43.1 Å². The number of aliphatic hydroxyl groups excluding tert-OH is 1. The highest BCUT2D eigenvalue weighted by atomic mass is 32.2. The lowest BCUT2D eigenvalue weighted by atomic mass is 9.79. The normalized spacial score (nSPS) is 18.8. The van der Waals surface area contributed by atoms with Gasteiger partial charge in [-0.3, -0.25) is 9.78 Å². The van der Waals surface area contributed by atoms with Gasteiger partial charge in [0, 0.05) is 41.7 Å². The van der Waals surface area contributed by atoms with E-state index in [4.69, 9.17) is 9.47 Å². The minimum atomic E-state index is -0.742. The number of rotatable bonds is 13. The Balaban J connectivity index is 1.33. The van der Waals surface area contributed by atoms with E-state index >= 15 is 0 Å². The fraction of sp³-hybridized carbons (Fsp3) is 0.467. The summed E-state index contributed by atoms with van der Waals surface area (Å²) in [4.78, 5) is 19.5. The van der Waals surface area contributed by atoms with Gasteiger partial charge in [-0.15, -0.1) is 11.8 Å². The van der Waals surface area contributed by atoms with Crippen molar-refractivity contribution in [3.63, 3.8) is 0 Å². The number of aliphatic carboxylic acids is 1. The minimum absolute atomic E-state index is 0.187. The maximum absolute atomic E-state index is 11.4. The Hall–Kier alpha value is -2.81. The quantitative estimate of drug-likeness (QED) is 0.269. The molecule has 0 spiro atoms. The van der Waals surface area contributed by atoms with Crippen LogP contribution in [0.4, 0.5) is 0 Å². The van der Waals surface area contributed by atoms with Crippen molar-refractivity contribution in [1.82, 2.24) is 9.88 Å². The number of fused-ring (bicyclic) bond motifs is 1. The summed E-state index contributed by atoms with van der Waals surface area (Å²) >= 11 is 1.83. The highest BCUT2D eigenvalue weighted by Gasteiger charge is 2.30. The van der Waals surface area contributed by atoms with Crippen LogP contribution in [0.5, 0.6) is 11.5 Å². The highest BCUT2D eigenvalue weighted by Crippen LogP contribution is 2.35. The number of piperidine rings is 1. The zero-order chi connectivity index (χ0) is 26.9. The second-order valence-corrected chi connectivity index (χ2v) is 11.1. The van der Waals surface area contributed by atoms with Gasteiger partial charge in [-0.05, 0) is 98.2 Å². The molecule has 2 heterocycles. The Morgan fingerprint density at radius 1 is 1.08 bits per heavy atom. The largest absolute Gasteiger partial charge is 0.497 e. The summed E-state index contributed by atoms with van der Waals surface area (Å²) in [5, 5.41) is 21.4. The predicted octanol–water partition coefficient (Wildman–Crippen LogP) is 5.66. The van der Waals surface area contributed by atoms with Crippen molar-refractivity contribution < 1.29 is 24.5 Å². The summed E-state index contributed by atoms with van der Waals surface area (Å²) in [6.45, 7) is 2.88. The topological polar surface area (TPSA) is 92.1 Å². The van der Waals surface area contributed by atoms with Crippen LogP contribution in [-0.2, 0) is 4.79 Å². The third kappa shape index (κ3) is 7.62. The molecule has 1 saturated heterocycles. The van der Waals surface area contributed by atoms with Gasteiger partial charge in [-0.2, -0.15) is 0 Å². The van der Waals surface area contributed by atoms with Gasteiger partial charge in [0.2, 0.25) is 0 Å². The first kappa shape index (κ1) is 28.2. The standard InChI is InChI=1S/C30H38N2O5S/c1-36-23-5-8-25(9-6-23)38-18-17-32-16-14-21(22(20-32)4-12-30(34)35)3-11-29(33)26-13-15-31-28-10-7-24(37-2)19-27(26)28/h5-10,13,15,19,21-22,29,33H,3-4,11-12,14,16-18,20H2,1-2H3,(H,34,35)/t21-,22+,29?/m1/s1. The first-order valence-corrected chi connectivity index (χ1v) is 14.3. The van der Waals surface area contributed by atoms with E-state index in [1.165, 1.54) is 4.90 Å². The number of benzene rings is 2. The molecular weight excluding hydrogens is 500 g/mol. The monoisotopic (exact) mass is 538 g/mol. The number of carboxylic acids is 1. The molecule has 204 valence electrons. The van der Waals surface area contributed by atoms with Crippen molar-refractivity contribution in [2.24, 2.45) is 11.8 Å². The Morgan fingerprint density at radius 2 is 1.84 bits per heavy atom. The lowest BCUT2D eigenvalue weighted by Crippen LogP contribution is -2.41. The lowest BCUT2D eigenvalue weighted by molar-refractivity contribution is -0.137. The fourth-order valence-corrected chi connectivity index (χ4v) is 6.34. The van der Waals surface area contributed by atoms with Crippen molar-refractivity contribution in [3.05, 3.63) is 60.3 Å². The molecule has 0 amide bonds. The van der Waals surface area contributed by atoms with Gasteiger partial charge in [-0.1, -0.05) is 0 Å². The van der Waals surface area contributed by atoms with Gasteiger partial charge in [-0.25, -0.2) is 0 Å². The van der Waals surface area contributed by atoms with E-state index in [0.29, 0.717) is 24.7 Å². The van der Waals surface area contributed by atoms with Crippen LogP contribution < -0.4 is 9.47 Å². The number of hydrogen-bond acceptors (Lipinski definition) is 7. The van der Waals surface area contributed by atoms with Crippen LogP contribution in [0, 0.1) is 11.8 Å². The molecule has 1 aliphatic rings. The molecule has 3 aromatic rings. The highest BCUT2D eigenvalue weighted by molar-refractivity contribution is 7.99. The number of aliphatic hydroxyl groups is 1. The molecule has 2 N–H and O–H groups in total. The summed E-state index contributed by atoms with van der Waals surface area (Å²) in [6, 6.07) is 15.7. The minimum Gasteiger partial charge on any atom is -0.497 e. The molecule has 1 fully saturated rings. The summed E-state index contributed by atoms with van der Waals surface area (Å²) in [6.07, 6.45) is 4.53. The number of pyridine rings is 1. The number of hydrogen-bond donors (Lipinski definition) is 2. The first-order chi connectivity index (χ1) is 18.5. The maximum Gasteiger partial charge on any atom is 0.303 e. The summed E-state index contributed by atoms with van der Waals surface area (Å²) in [5.41, 5.74) is 1.70. The number of likely N-dealkylation sites (tertiary alicyclic amines) is 1. The first-order valence-electron chi connectivity index (χ1n) is 13.3. The van der Waals surface area contributed by atoms with Crippen LogP contribution in [-0.4, -0.2) is 65.7 Å². The molecule has 0 bridgehead atoms. The molecular formula is C30H38N2O5S. The number of methoxy groups -OCH3 is 2. The van der Waals surface area contributed by atoms with E-state index in [1.54, 1.807) is 20.4 Å². The van der Waals surface area contributed by atoms with Gasteiger partial charge in [0.05, 0.1) is 25.8 Å². The second kappa shape index (κ2) is 13.8. The Morgan fingerprint density at radius 3 is 2.58 bits per heavy atom. The third-order valence-electron chi connectivity index (χ3n) is 7.59. The molecule has 1 aliphatic heterocycles. The van der Waals surface area contributed by atoms with Gasteiger partial charge in [0.25, 0.3) is 0 Å². The number of ether oxygens (including phenoxy) is 2. The molecule has 0 saturated carbocycles. The number of thioether (sulfide) groups is 1. The van der Waals surface area contributed by atoms with Crippen LogP contribution in [0.2, 0.25) is 0 Å². The average molecular weight is 539 g/mol. The Bertz CT molecular complexity index is 1190. The van der Waals surface area contributed by atoms with E-state index in [0.717, 1.165) is 66.2 Å². The average Bonchev–Trinajstić information content (AvgIpc) is 2.95. The molecule has 0 aliphatic carbocycles. The summed E-state index contributed by atoms with van der Waals surface area (Å²) < 4.78 is 10.6. The summed E-state index contributed by atoms with van der Waals surface area (Å²) in [5.74, 6) is 2.56. The van der Waals surface area contributed by atoms with Crippen LogP contribution in [0.25, 0.3) is 10.9 Å². The van der Waals surface area contributed by atoms with Crippen LogP contribution in [0.15, 0.2) is 59.6 Å². The van der Waals surface area contributed by atoms with E-state index < -0.39 is 12.1 Å². The number of aromatic nitrogens is 1. The molecule has 0 radical (unpaired) electrons. The molecule has 1 aromatic heterocycles. The van der Waals surface area contributed by atoms with E-state index in [2.05, 4.69) is 22.0 Å². The molecule has 7 nitrogen and oxygen atoms in total. The van der Waals surface area contributed by atoms with Crippen molar-refractivity contribution >= 4 is 28.6 Å². The lowest BCUT2D eigenvalue weighted by Gasteiger charge is -2.39. The fourth-order valence-electron chi connectivity index (χ4n) is 5.43. The van der Waals surface area contributed by atoms with Crippen LogP contribution in [0.3, 0.4) is 0 Å². The van der Waals surface area contributed by atoms with Crippen LogP contribution >= 0.6 is 11.8 Å². The van der Waals surface area contributed by atoms with Crippen LogP contribution in [0.1, 0.15) is 43.8 Å². The molecule has 4 rings (SSSR count). The van der Waals surface area contributed by atoms with Crippen molar-refractivity contribution in [1.29, 1.82) is 0 Å².